The van der Waals surface area contributed by atoms with Gasteiger partial charge in [-0.3, -0.25) is 9.59 Å². The Kier molecular flexibility index (Phi) is 6.05. The van der Waals surface area contributed by atoms with Crippen LogP contribution in [0, 0.1) is 12.8 Å². The van der Waals surface area contributed by atoms with Crippen molar-refractivity contribution >= 4 is 35.0 Å². The number of aromatic nitrogens is 1. The molecule has 0 saturated heterocycles. The van der Waals surface area contributed by atoms with E-state index in [4.69, 9.17) is 5.11 Å². The highest BCUT2D eigenvalue weighted by Gasteiger charge is 2.26. The minimum atomic E-state index is -0.714. The second-order valence-electron chi connectivity index (χ2n) is 5.30. The van der Waals surface area contributed by atoms with E-state index in [1.54, 1.807) is 23.1 Å². The molecule has 0 aliphatic heterocycles. The maximum atomic E-state index is 11.9. The quantitative estimate of drug-likeness (QED) is 0.838. The van der Waals surface area contributed by atoms with Crippen LogP contribution in [0.15, 0.2) is 5.38 Å². The number of carbonyl (C=O) groups excluding carboxylic acids is 1. The van der Waals surface area contributed by atoms with Gasteiger partial charge in [0, 0.05) is 17.2 Å². The molecular weight excluding hydrogens is 308 g/mol. The summed E-state index contributed by atoms with van der Waals surface area (Å²) in [5.41, 5.74) is 1.03. The lowest BCUT2D eigenvalue weighted by Crippen LogP contribution is -2.39. The van der Waals surface area contributed by atoms with E-state index in [2.05, 4.69) is 10.3 Å². The lowest BCUT2D eigenvalue weighted by molar-refractivity contribution is -0.142. The van der Waals surface area contributed by atoms with E-state index in [1.165, 1.54) is 0 Å². The van der Waals surface area contributed by atoms with Gasteiger partial charge < -0.3 is 10.4 Å². The summed E-state index contributed by atoms with van der Waals surface area (Å²) in [6.45, 7) is 1.97. The number of aliphatic carboxylic acids is 1. The number of thiazole rings is 1. The number of carbonyl (C=O) groups is 2. The summed E-state index contributed by atoms with van der Waals surface area (Å²) in [6.07, 6.45) is 2.84. The molecule has 0 unspecified atom stereocenters. The first kappa shape index (κ1) is 16.3. The van der Waals surface area contributed by atoms with E-state index in [1.807, 2.05) is 12.3 Å². The summed E-state index contributed by atoms with van der Waals surface area (Å²) >= 11 is 3.18. The number of rotatable bonds is 6. The van der Waals surface area contributed by atoms with Crippen LogP contribution in [0.1, 0.15) is 36.4 Å². The minimum absolute atomic E-state index is 0.0331. The fraction of sp³-hybridized carbons (Fsp3) is 0.643. The molecule has 116 valence electrons. The summed E-state index contributed by atoms with van der Waals surface area (Å²) in [6, 6.07) is 0.134. The van der Waals surface area contributed by atoms with Crippen molar-refractivity contribution in [3.63, 3.8) is 0 Å². The molecule has 1 aromatic heterocycles. The molecule has 2 N–H and O–H groups in total. The first-order valence-electron chi connectivity index (χ1n) is 7.05. The van der Waals surface area contributed by atoms with Crippen LogP contribution >= 0.6 is 23.1 Å². The number of nitrogens with zero attached hydrogens (tertiary/aromatic N) is 1. The number of hydrogen-bond acceptors (Lipinski definition) is 5. The topological polar surface area (TPSA) is 79.3 Å². The molecule has 7 heteroatoms. The molecule has 1 aromatic rings. The normalized spacial score (nSPS) is 22.0. The first-order chi connectivity index (χ1) is 10.0. The van der Waals surface area contributed by atoms with Crippen LogP contribution in [-0.4, -0.2) is 33.8 Å². The highest BCUT2D eigenvalue weighted by Crippen LogP contribution is 2.24. The van der Waals surface area contributed by atoms with Gasteiger partial charge in [-0.25, -0.2) is 4.98 Å². The molecule has 0 spiro atoms. The van der Waals surface area contributed by atoms with Crippen LogP contribution in [-0.2, 0) is 15.3 Å². The van der Waals surface area contributed by atoms with Crippen molar-refractivity contribution in [2.45, 2.75) is 44.4 Å². The monoisotopic (exact) mass is 328 g/mol. The average molecular weight is 328 g/mol. The highest BCUT2D eigenvalue weighted by molar-refractivity contribution is 7.99. The Bertz CT molecular complexity index is 496. The van der Waals surface area contributed by atoms with Gasteiger partial charge in [-0.2, -0.15) is 0 Å². The molecule has 1 amide bonds. The molecule has 2 rings (SSSR count). The van der Waals surface area contributed by atoms with Gasteiger partial charge in [0.15, 0.2) is 0 Å². The SMILES string of the molecule is Cc1nc(CSCC(=O)NC2CCC(C(=O)O)CC2)cs1. The largest absolute Gasteiger partial charge is 0.481 e. The predicted molar refractivity (Wildman–Crippen MR) is 84.5 cm³/mol. The molecule has 1 saturated carbocycles. The molecule has 0 atom stereocenters. The molecule has 0 aromatic carbocycles. The zero-order valence-corrected chi connectivity index (χ0v) is 13.6. The number of hydrogen-bond donors (Lipinski definition) is 2. The van der Waals surface area contributed by atoms with E-state index in [9.17, 15) is 9.59 Å². The summed E-state index contributed by atoms with van der Waals surface area (Å²) in [5.74, 6) is 0.263. The molecule has 5 nitrogen and oxygen atoms in total. The Morgan fingerprint density at radius 3 is 2.71 bits per heavy atom. The van der Waals surface area contributed by atoms with Gasteiger partial charge in [0.25, 0.3) is 0 Å². The van der Waals surface area contributed by atoms with Crippen molar-refractivity contribution in [3.8, 4) is 0 Å². The van der Waals surface area contributed by atoms with Crippen LogP contribution in [0.4, 0.5) is 0 Å². The van der Waals surface area contributed by atoms with Crippen LogP contribution in [0.5, 0.6) is 0 Å². The second-order valence-corrected chi connectivity index (χ2v) is 7.35. The minimum Gasteiger partial charge on any atom is -0.481 e. The molecule has 1 fully saturated rings. The van der Waals surface area contributed by atoms with Crippen molar-refractivity contribution < 1.29 is 14.7 Å². The Balaban J connectivity index is 1.62. The molecule has 1 aliphatic carbocycles. The Hall–Kier alpha value is -1.08. The van der Waals surface area contributed by atoms with E-state index < -0.39 is 5.97 Å². The van der Waals surface area contributed by atoms with Crippen LogP contribution in [0.2, 0.25) is 0 Å². The second kappa shape index (κ2) is 7.79. The summed E-state index contributed by atoms with van der Waals surface area (Å²) in [4.78, 5) is 27.1. The summed E-state index contributed by atoms with van der Waals surface area (Å²) in [5, 5.41) is 15.0. The summed E-state index contributed by atoms with van der Waals surface area (Å²) < 4.78 is 0. The van der Waals surface area contributed by atoms with Crippen LogP contribution in [0.3, 0.4) is 0 Å². The van der Waals surface area contributed by atoms with E-state index in [-0.39, 0.29) is 17.9 Å². The highest BCUT2D eigenvalue weighted by atomic mass is 32.2. The van der Waals surface area contributed by atoms with Crippen LogP contribution < -0.4 is 5.32 Å². The maximum Gasteiger partial charge on any atom is 0.306 e. The lowest BCUT2D eigenvalue weighted by Gasteiger charge is -2.26. The van der Waals surface area contributed by atoms with E-state index >= 15 is 0 Å². The molecular formula is C14H20N2O3S2. The van der Waals surface area contributed by atoms with Gasteiger partial charge in [-0.15, -0.1) is 23.1 Å². The van der Waals surface area contributed by atoms with Crippen molar-refractivity contribution in [2.75, 3.05) is 5.75 Å². The van der Waals surface area contributed by atoms with E-state index in [0.717, 1.165) is 29.3 Å². The Morgan fingerprint density at radius 2 is 2.14 bits per heavy atom. The maximum absolute atomic E-state index is 11.9. The lowest BCUT2D eigenvalue weighted by atomic mass is 9.86. The average Bonchev–Trinajstić information content (AvgIpc) is 2.85. The fourth-order valence-electron chi connectivity index (χ4n) is 2.48. The van der Waals surface area contributed by atoms with Gasteiger partial charge in [0.05, 0.1) is 22.4 Å². The van der Waals surface area contributed by atoms with Crippen molar-refractivity contribution in [2.24, 2.45) is 5.92 Å². The number of amides is 1. The van der Waals surface area contributed by atoms with Gasteiger partial charge in [0.1, 0.15) is 0 Å². The Morgan fingerprint density at radius 1 is 1.43 bits per heavy atom. The van der Waals surface area contributed by atoms with E-state index in [0.29, 0.717) is 18.6 Å². The van der Waals surface area contributed by atoms with Gasteiger partial charge >= 0.3 is 5.97 Å². The molecule has 0 radical (unpaired) electrons. The zero-order valence-electron chi connectivity index (χ0n) is 12.0. The van der Waals surface area contributed by atoms with Gasteiger partial charge in [0.2, 0.25) is 5.91 Å². The predicted octanol–water partition coefficient (Wildman–Crippen LogP) is 2.44. The number of aryl methyl sites for hydroxylation is 1. The number of carboxylic acid groups (broad SMARTS) is 1. The van der Waals surface area contributed by atoms with Crippen molar-refractivity contribution in [1.82, 2.24) is 10.3 Å². The van der Waals surface area contributed by atoms with Crippen molar-refractivity contribution in [3.05, 3.63) is 16.1 Å². The summed E-state index contributed by atoms with van der Waals surface area (Å²) in [7, 11) is 0. The molecule has 21 heavy (non-hydrogen) atoms. The zero-order chi connectivity index (χ0) is 15.2. The number of thioether (sulfide) groups is 1. The van der Waals surface area contributed by atoms with Gasteiger partial charge in [-0.05, 0) is 32.6 Å². The third kappa shape index (κ3) is 5.32. The third-order valence-electron chi connectivity index (χ3n) is 3.59. The fourth-order valence-corrected chi connectivity index (χ4v) is 3.92. The van der Waals surface area contributed by atoms with Crippen LogP contribution in [0.25, 0.3) is 0 Å². The third-order valence-corrected chi connectivity index (χ3v) is 5.38. The standard InChI is InChI=1S/C14H20N2O3S2/c1-9-15-12(7-21-9)6-20-8-13(17)16-11-4-2-10(3-5-11)14(18)19/h7,10-11H,2-6,8H2,1H3,(H,16,17)(H,18,19). The molecule has 0 bridgehead atoms. The molecule has 1 aliphatic rings. The Labute approximate surface area is 132 Å². The van der Waals surface area contributed by atoms with Gasteiger partial charge in [-0.1, -0.05) is 0 Å². The number of nitrogens with one attached hydrogen (secondary N) is 1. The van der Waals surface area contributed by atoms with Crippen molar-refractivity contribution in [1.29, 1.82) is 0 Å². The number of carboxylic acids is 1. The first-order valence-corrected chi connectivity index (χ1v) is 9.09. The molecule has 1 heterocycles. The smallest absolute Gasteiger partial charge is 0.306 e.